The van der Waals surface area contributed by atoms with Crippen molar-refractivity contribution < 1.29 is 9.84 Å². The summed E-state index contributed by atoms with van der Waals surface area (Å²) in [5.41, 5.74) is 1.30. The molecule has 0 amide bonds. The molecule has 90 valence electrons. The van der Waals surface area contributed by atoms with Crippen LogP contribution in [0.25, 0.3) is 0 Å². The molecule has 0 aliphatic carbocycles. The summed E-state index contributed by atoms with van der Waals surface area (Å²) in [5, 5.41) is 13.4. The van der Waals surface area contributed by atoms with Gasteiger partial charge >= 0.3 is 0 Å². The molecule has 0 heterocycles. The zero-order valence-corrected chi connectivity index (χ0v) is 10.3. The fraction of sp³-hybridized carbons (Fsp3) is 0.538. The molecule has 3 nitrogen and oxygen atoms in total. The summed E-state index contributed by atoms with van der Waals surface area (Å²) in [7, 11) is 1.67. The zero-order valence-electron chi connectivity index (χ0n) is 10.3. The van der Waals surface area contributed by atoms with Gasteiger partial charge in [0.15, 0.2) is 0 Å². The van der Waals surface area contributed by atoms with E-state index in [0.29, 0.717) is 13.2 Å². The largest absolute Gasteiger partial charge is 0.384 e. The minimum Gasteiger partial charge on any atom is -0.384 e. The molecule has 0 aliphatic rings. The summed E-state index contributed by atoms with van der Waals surface area (Å²) >= 11 is 0. The van der Waals surface area contributed by atoms with Crippen molar-refractivity contribution in [3.8, 4) is 0 Å². The van der Waals surface area contributed by atoms with Gasteiger partial charge in [-0.1, -0.05) is 29.8 Å². The predicted octanol–water partition coefficient (Wildman–Crippen LogP) is 1.44. The van der Waals surface area contributed by atoms with E-state index in [0.717, 1.165) is 12.1 Å². The van der Waals surface area contributed by atoms with Gasteiger partial charge in [0.25, 0.3) is 0 Å². The molecule has 2 N–H and O–H groups in total. The average molecular weight is 223 g/mol. The van der Waals surface area contributed by atoms with Crippen molar-refractivity contribution in [1.82, 2.24) is 5.32 Å². The summed E-state index contributed by atoms with van der Waals surface area (Å²) in [6.45, 7) is 5.79. The molecule has 0 spiro atoms. The standard InChI is InChI=1S/C13H21NO2/c1-11-4-6-12(7-5-11)13(2,15)10-14-8-9-16-3/h4-7,14-15H,8-10H2,1-3H3. The Hall–Kier alpha value is -0.900. The number of rotatable bonds is 6. The van der Waals surface area contributed by atoms with E-state index in [9.17, 15) is 5.11 Å². The molecule has 1 aromatic rings. The molecule has 1 unspecified atom stereocenters. The minimum atomic E-state index is -0.832. The molecule has 0 bridgehead atoms. The van der Waals surface area contributed by atoms with E-state index in [4.69, 9.17) is 4.74 Å². The molecule has 0 saturated carbocycles. The van der Waals surface area contributed by atoms with Crippen LogP contribution in [0.15, 0.2) is 24.3 Å². The van der Waals surface area contributed by atoms with E-state index in [1.54, 1.807) is 7.11 Å². The Balaban J connectivity index is 2.52. The van der Waals surface area contributed by atoms with Gasteiger partial charge in [-0.2, -0.15) is 0 Å². The van der Waals surface area contributed by atoms with E-state index in [1.807, 2.05) is 38.1 Å². The highest BCUT2D eigenvalue weighted by Gasteiger charge is 2.21. The van der Waals surface area contributed by atoms with Crippen LogP contribution >= 0.6 is 0 Å². The van der Waals surface area contributed by atoms with Gasteiger partial charge in [-0.15, -0.1) is 0 Å². The lowest BCUT2D eigenvalue weighted by atomic mass is 9.95. The second-order valence-electron chi connectivity index (χ2n) is 4.31. The summed E-state index contributed by atoms with van der Waals surface area (Å²) in [6, 6.07) is 7.96. The normalized spacial score (nSPS) is 14.8. The van der Waals surface area contributed by atoms with Gasteiger partial charge in [-0.05, 0) is 19.4 Å². The first-order chi connectivity index (χ1) is 7.56. The average Bonchev–Trinajstić information content (AvgIpc) is 2.25. The SMILES string of the molecule is COCCNCC(C)(O)c1ccc(C)cc1. The number of hydrogen-bond acceptors (Lipinski definition) is 3. The molecule has 1 aromatic carbocycles. The Morgan fingerprint density at radius 3 is 2.50 bits per heavy atom. The van der Waals surface area contributed by atoms with Crippen LogP contribution in [0, 0.1) is 6.92 Å². The van der Waals surface area contributed by atoms with E-state index in [-0.39, 0.29) is 0 Å². The van der Waals surface area contributed by atoms with Crippen molar-refractivity contribution >= 4 is 0 Å². The third-order valence-electron chi connectivity index (χ3n) is 2.63. The third kappa shape index (κ3) is 3.93. The number of benzene rings is 1. The molecular weight excluding hydrogens is 202 g/mol. The maximum Gasteiger partial charge on any atom is 0.0992 e. The van der Waals surface area contributed by atoms with Gasteiger partial charge < -0.3 is 15.2 Å². The Bertz CT molecular complexity index is 306. The number of nitrogens with one attached hydrogen (secondary N) is 1. The van der Waals surface area contributed by atoms with E-state index < -0.39 is 5.60 Å². The molecule has 0 fully saturated rings. The van der Waals surface area contributed by atoms with Gasteiger partial charge in [0.2, 0.25) is 0 Å². The lowest BCUT2D eigenvalue weighted by Crippen LogP contribution is -2.36. The van der Waals surface area contributed by atoms with Crippen LogP contribution in [0.5, 0.6) is 0 Å². The van der Waals surface area contributed by atoms with Gasteiger partial charge in [0.05, 0.1) is 12.2 Å². The van der Waals surface area contributed by atoms with Crippen LogP contribution < -0.4 is 5.32 Å². The first-order valence-corrected chi connectivity index (χ1v) is 5.55. The van der Waals surface area contributed by atoms with E-state index in [2.05, 4.69) is 5.32 Å². The van der Waals surface area contributed by atoms with Crippen molar-refractivity contribution in [2.75, 3.05) is 26.8 Å². The molecular formula is C13H21NO2. The molecule has 0 aliphatic heterocycles. The number of ether oxygens (including phenoxy) is 1. The van der Waals surface area contributed by atoms with Crippen molar-refractivity contribution in [2.45, 2.75) is 19.4 Å². The lowest BCUT2D eigenvalue weighted by molar-refractivity contribution is 0.0550. The maximum absolute atomic E-state index is 10.3. The second-order valence-corrected chi connectivity index (χ2v) is 4.31. The van der Waals surface area contributed by atoms with Crippen LogP contribution in [-0.2, 0) is 10.3 Å². The summed E-state index contributed by atoms with van der Waals surface area (Å²) in [4.78, 5) is 0. The topological polar surface area (TPSA) is 41.5 Å². The smallest absolute Gasteiger partial charge is 0.0992 e. The van der Waals surface area contributed by atoms with Crippen molar-refractivity contribution in [3.05, 3.63) is 35.4 Å². The molecule has 0 aromatic heterocycles. The van der Waals surface area contributed by atoms with Gasteiger partial charge in [0.1, 0.15) is 0 Å². The minimum absolute atomic E-state index is 0.527. The van der Waals surface area contributed by atoms with Gasteiger partial charge in [-0.3, -0.25) is 0 Å². The fourth-order valence-electron chi connectivity index (χ4n) is 1.52. The lowest BCUT2D eigenvalue weighted by Gasteiger charge is -2.24. The molecule has 16 heavy (non-hydrogen) atoms. The van der Waals surface area contributed by atoms with Gasteiger partial charge in [0, 0.05) is 20.2 Å². The fourth-order valence-corrected chi connectivity index (χ4v) is 1.52. The van der Waals surface area contributed by atoms with Crippen LogP contribution in [0.3, 0.4) is 0 Å². The van der Waals surface area contributed by atoms with Crippen molar-refractivity contribution in [1.29, 1.82) is 0 Å². The molecule has 0 saturated heterocycles. The Morgan fingerprint density at radius 1 is 1.31 bits per heavy atom. The predicted molar refractivity (Wildman–Crippen MR) is 65.5 cm³/mol. The zero-order chi connectivity index (χ0) is 12.0. The number of aliphatic hydroxyl groups is 1. The number of methoxy groups -OCH3 is 1. The van der Waals surface area contributed by atoms with Crippen LogP contribution in [0.2, 0.25) is 0 Å². The molecule has 1 rings (SSSR count). The van der Waals surface area contributed by atoms with E-state index >= 15 is 0 Å². The highest BCUT2D eigenvalue weighted by atomic mass is 16.5. The number of hydrogen-bond donors (Lipinski definition) is 2. The van der Waals surface area contributed by atoms with Crippen LogP contribution in [0.1, 0.15) is 18.1 Å². The molecule has 3 heteroatoms. The van der Waals surface area contributed by atoms with Gasteiger partial charge in [-0.25, -0.2) is 0 Å². The first-order valence-electron chi connectivity index (χ1n) is 5.55. The highest BCUT2D eigenvalue weighted by molar-refractivity contribution is 5.26. The quantitative estimate of drug-likeness (QED) is 0.717. The Morgan fingerprint density at radius 2 is 1.94 bits per heavy atom. The van der Waals surface area contributed by atoms with Crippen molar-refractivity contribution in [3.63, 3.8) is 0 Å². The first kappa shape index (κ1) is 13.2. The Kier molecular flexibility index (Phi) is 4.93. The Labute approximate surface area is 97.4 Å². The maximum atomic E-state index is 10.3. The monoisotopic (exact) mass is 223 g/mol. The number of aryl methyl sites for hydroxylation is 1. The summed E-state index contributed by atoms with van der Waals surface area (Å²) in [6.07, 6.45) is 0. The summed E-state index contributed by atoms with van der Waals surface area (Å²) in [5.74, 6) is 0. The van der Waals surface area contributed by atoms with Crippen LogP contribution in [-0.4, -0.2) is 31.9 Å². The second kappa shape index (κ2) is 5.99. The van der Waals surface area contributed by atoms with Crippen LogP contribution in [0.4, 0.5) is 0 Å². The molecule has 1 atom stereocenters. The van der Waals surface area contributed by atoms with Crippen molar-refractivity contribution in [2.24, 2.45) is 0 Å². The summed E-state index contributed by atoms with van der Waals surface area (Å²) < 4.78 is 4.93. The van der Waals surface area contributed by atoms with E-state index in [1.165, 1.54) is 5.56 Å². The highest BCUT2D eigenvalue weighted by Crippen LogP contribution is 2.19. The molecule has 0 radical (unpaired) electrons. The third-order valence-corrected chi connectivity index (χ3v) is 2.63.